The molecule has 2 aromatic rings. The Morgan fingerprint density at radius 1 is 0.579 bits per heavy atom. The number of para-hydroxylation sites is 2. The Labute approximate surface area is 247 Å². The minimum Gasteiger partial charge on any atom is -0.681 e. The number of ether oxygens (including phenoxy) is 1. The Morgan fingerprint density at radius 3 is 1.08 bits per heavy atom. The van der Waals surface area contributed by atoms with Gasteiger partial charge in [-0.05, 0) is 36.5 Å². The van der Waals surface area contributed by atoms with Crippen LogP contribution in [0.2, 0.25) is 0 Å². The molecule has 2 aromatic carbocycles. The van der Waals surface area contributed by atoms with Gasteiger partial charge in [0.15, 0.2) is 0 Å². The molecular weight excluding hydrogens is 506 g/mol. The summed E-state index contributed by atoms with van der Waals surface area (Å²) in [6.07, 6.45) is 3.51. The molecule has 1 aliphatic rings. The fourth-order valence-corrected chi connectivity index (χ4v) is 4.87. The molecule has 1 saturated heterocycles. The van der Waals surface area contributed by atoms with Gasteiger partial charge >= 0.3 is 17.1 Å². The first kappa shape index (κ1) is 36.6. The van der Waals surface area contributed by atoms with E-state index in [1.165, 1.54) is 46.5 Å². The minimum absolute atomic E-state index is 0. The predicted octanol–water partition coefficient (Wildman–Crippen LogP) is 10.5. The summed E-state index contributed by atoms with van der Waals surface area (Å²) in [6, 6.07) is 13.8. The van der Waals surface area contributed by atoms with Crippen molar-refractivity contribution in [2.24, 2.45) is 0 Å². The average Bonchev–Trinajstić information content (AvgIpc) is 3.38. The third kappa shape index (κ3) is 11.0. The van der Waals surface area contributed by atoms with E-state index in [2.05, 4.69) is 106 Å². The van der Waals surface area contributed by atoms with Crippen LogP contribution in [0.25, 0.3) is 10.6 Å². The molecule has 1 aliphatic heterocycles. The Hall–Kier alpha value is -1.42. The second kappa shape index (κ2) is 18.0. The smallest absolute Gasteiger partial charge is 0.681 e. The van der Waals surface area contributed by atoms with Crippen molar-refractivity contribution < 1.29 is 21.8 Å². The quantitative estimate of drug-likeness (QED) is 0.267. The fourth-order valence-electron chi connectivity index (χ4n) is 4.87. The van der Waals surface area contributed by atoms with Gasteiger partial charge in [-0.15, -0.1) is 23.5 Å². The van der Waals surface area contributed by atoms with Crippen LogP contribution in [0.15, 0.2) is 36.4 Å². The molecule has 0 N–H and O–H groups in total. The van der Waals surface area contributed by atoms with Gasteiger partial charge in [-0.3, -0.25) is 0 Å². The van der Waals surface area contributed by atoms with E-state index in [4.69, 9.17) is 15.4 Å². The zero-order valence-electron chi connectivity index (χ0n) is 25.7. The van der Waals surface area contributed by atoms with E-state index >= 15 is 0 Å². The van der Waals surface area contributed by atoms with Crippen molar-refractivity contribution in [3.05, 3.63) is 69.3 Å². The molecular formula is C33H52BMnN2O. The van der Waals surface area contributed by atoms with Gasteiger partial charge in [0, 0.05) is 21.6 Å². The first-order valence-corrected chi connectivity index (χ1v) is 14.3. The zero-order valence-corrected chi connectivity index (χ0v) is 26.9. The van der Waals surface area contributed by atoms with Gasteiger partial charge in [-0.1, -0.05) is 134 Å². The zero-order chi connectivity index (χ0) is 26.8. The standard InChI is InChI=1S/C29H44N2.C4H8O.B.Mn/c1-18(2)24-13-11-14-25(19(3)4)28(24)30-22(9)17-23(10)31-29-26(20(5)6)15-12-16-27(29)21(7)8;1-2-4-5-3-1;;/h11-16,18-23H,17H2,1-10H3;1-4H2;;/q-2;;;+2. The molecule has 0 aliphatic carbocycles. The third-order valence-electron chi connectivity index (χ3n) is 6.89. The van der Waals surface area contributed by atoms with E-state index in [1.54, 1.807) is 0 Å². The molecule has 3 rings (SSSR count). The Kier molecular flexibility index (Phi) is 17.4. The van der Waals surface area contributed by atoms with Crippen LogP contribution in [0.4, 0.5) is 11.4 Å². The summed E-state index contributed by atoms with van der Waals surface area (Å²) in [7, 11) is 0. The van der Waals surface area contributed by atoms with Crippen molar-refractivity contribution in [2.75, 3.05) is 13.2 Å². The first-order valence-electron chi connectivity index (χ1n) is 14.3. The van der Waals surface area contributed by atoms with E-state index in [0.29, 0.717) is 23.7 Å². The van der Waals surface area contributed by atoms with Gasteiger partial charge in [0.05, 0.1) is 0 Å². The number of rotatable bonds is 10. The SMILES string of the molecule is C1CCOC1.CC(CC(C)[N-]c1c(C(C)C)cccc1C(C)C)[N-]c1c(C(C)C)cccc1C(C)C.[B].[Mn+2]. The van der Waals surface area contributed by atoms with Gasteiger partial charge < -0.3 is 15.4 Å². The van der Waals surface area contributed by atoms with Crippen molar-refractivity contribution in [1.82, 2.24) is 0 Å². The molecule has 0 saturated carbocycles. The molecule has 4 radical (unpaired) electrons. The van der Waals surface area contributed by atoms with Gasteiger partial charge in [0.2, 0.25) is 0 Å². The maximum Gasteiger partial charge on any atom is 2.00 e. The summed E-state index contributed by atoms with van der Waals surface area (Å²) in [5.74, 6) is 1.88. The summed E-state index contributed by atoms with van der Waals surface area (Å²) < 4.78 is 4.94. The molecule has 2 atom stereocenters. The van der Waals surface area contributed by atoms with Gasteiger partial charge in [-0.25, -0.2) is 0 Å². The van der Waals surface area contributed by atoms with Crippen molar-refractivity contribution in [1.29, 1.82) is 0 Å². The summed E-state index contributed by atoms with van der Waals surface area (Å²) in [6.45, 7) is 24.6. The van der Waals surface area contributed by atoms with Crippen LogP contribution >= 0.6 is 0 Å². The van der Waals surface area contributed by atoms with Crippen LogP contribution in [0, 0.1) is 0 Å². The van der Waals surface area contributed by atoms with Crippen molar-refractivity contribution in [2.45, 2.75) is 124 Å². The van der Waals surface area contributed by atoms with Crippen LogP contribution in [0.1, 0.15) is 134 Å². The summed E-state index contributed by atoms with van der Waals surface area (Å²) in [5, 5.41) is 10.5. The van der Waals surface area contributed by atoms with Crippen molar-refractivity contribution in [3.63, 3.8) is 0 Å². The van der Waals surface area contributed by atoms with E-state index in [0.717, 1.165) is 19.6 Å². The maximum atomic E-state index is 5.24. The van der Waals surface area contributed by atoms with Crippen LogP contribution < -0.4 is 0 Å². The van der Waals surface area contributed by atoms with Gasteiger partial charge in [-0.2, -0.15) is 0 Å². The van der Waals surface area contributed by atoms with E-state index in [1.807, 2.05) is 0 Å². The Morgan fingerprint density at radius 2 is 0.868 bits per heavy atom. The van der Waals surface area contributed by atoms with Crippen LogP contribution in [0.3, 0.4) is 0 Å². The average molecular weight is 559 g/mol. The molecule has 0 aromatic heterocycles. The molecule has 3 nitrogen and oxygen atoms in total. The molecule has 5 heteroatoms. The second-order valence-corrected chi connectivity index (χ2v) is 11.7. The molecule has 1 heterocycles. The molecule has 0 bridgehead atoms. The molecule has 38 heavy (non-hydrogen) atoms. The van der Waals surface area contributed by atoms with Gasteiger partial charge in [0.1, 0.15) is 0 Å². The Bertz CT molecular complexity index is 796. The number of hydrogen-bond acceptors (Lipinski definition) is 1. The van der Waals surface area contributed by atoms with Crippen LogP contribution in [-0.4, -0.2) is 33.7 Å². The largest absolute Gasteiger partial charge is 2.00 e. The minimum atomic E-state index is 0. The predicted molar refractivity (Wildman–Crippen MR) is 165 cm³/mol. The second-order valence-electron chi connectivity index (χ2n) is 11.7. The number of benzene rings is 2. The monoisotopic (exact) mass is 558 g/mol. The van der Waals surface area contributed by atoms with E-state index in [-0.39, 0.29) is 37.6 Å². The summed E-state index contributed by atoms with van der Waals surface area (Å²) >= 11 is 0. The molecule has 2 unspecified atom stereocenters. The topological polar surface area (TPSA) is 37.4 Å². The van der Waals surface area contributed by atoms with E-state index < -0.39 is 0 Å². The summed E-state index contributed by atoms with van der Waals surface area (Å²) in [4.78, 5) is 0. The Balaban J connectivity index is 0.00000175. The van der Waals surface area contributed by atoms with Gasteiger partial charge in [0.25, 0.3) is 0 Å². The summed E-state index contributed by atoms with van der Waals surface area (Å²) in [5.41, 5.74) is 7.84. The molecule has 0 spiro atoms. The number of nitrogens with zero attached hydrogens (tertiary/aromatic N) is 2. The molecule has 210 valence electrons. The van der Waals surface area contributed by atoms with Crippen LogP contribution in [-0.2, 0) is 21.8 Å². The fraction of sp³-hybridized carbons (Fsp3) is 0.636. The van der Waals surface area contributed by atoms with Crippen molar-refractivity contribution in [3.8, 4) is 0 Å². The molecule has 0 amide bonds. The third-order valence-corrected chi connectivity index (χ3v) is 6.89. The van der Waals surface area contributed by atoms with Crippen LogP contribution in [0.5, 0.6) is 0 Å². The number of hydrogen-bond donors (Lipinski definition) is 0. The maximum absolute atomic E-state index is 5.24. The normalized spacial score (nSPS) is 14.5. The molecule has 1 fully saturated rings. The van der Waals surface area contributed by atoms with E-state index in [9.17, 15) is 0 Å². The first-order chi connectivity index (χ1) is 17.0. The van der Waals surface area contributed by atoms with Crippen molar-refractivity contribution >= 4 is 19.8 Å².